The summed E-state index contributed by atoms with van der Waals surface area (Å²) >= 11 is 0. The predicted molar refractivity (Wildman–Crippen MR) is 127 cm³/mol. The number of rotatable bonds is 6. The second-order valence-electron chi connectivity index (χ2n) is 10.2. The van der Waals surface area contributed by atoms with E-state index in [1.54, 1.807) is 6.07 Å². The average Bonchev–Trinajstić information content (AvgIpc) is 2.85. The Kier molecular flexibility index (Phi) is 8.10. The maximum atomic E-state index is 14.8. The lowest BCUT2D eigenvalue weighted by Gasteiger charge is -2.38. The third-order valence-corrected chi connectivity index (χ3v) is 8.09. The van der Waals surface area contributed by atoms with E-state index in [9.17, 15) is 22.0 Å². The lowest BCUT2D eigenvalue weighted by atomic mass is 9.68. The number of hydrogen-bond acceptors (Lipinski definition) is 0. The molecular formula is C29H33F5. The monoisotopic (exact) mass is 476 g/mol. The van der Waals surface area contributed by atoms with E-state index in [4.69, 9.17) is 0 Å². The highest BCUT2D eigenvalue weighted by Gasteiger charge is 2.31. The van der Waals surface area contributed by atoms with E-state index in [2.05, 4.69) is 6.92 Å². The zero-order chi connectivity index (χ0) is 24.2. The topological polar surface area (TPSA) is 0 Å². The van der Waals surface area contributed by atoms with Crippen LogP contribution in [0.25, 0.3) is 11.7 Å². The van der Waals surface area contributed by atoms with Gasteiger partial charge in [-0.25, -0.2) is 22.0 Å². The van der Waals surface area contributed by atoms with E-state index in [0.29, 0.717) is 12.1 Å². The van der Waals surface area contributed by atoms with Crippen LogP contribution in [0.15, 0.2) is 36.4 Å². The molecule has 2 aliphatic carbocycles. The maximum Gasteiger partial charge on any atom is 0.169 e. The van der Waals surface area contributed by atoms with Crippen molar-refractivity contribution in [3.8, 4) is 0 Å². The molecule has 0 saturated heterocycles. The quantitative estimate of drug-likeness (QED) is 0.287. The van der Waals surface area contributed by atoms with Gasteiger partial charge in [-0.15, -0.1) is 0 Å². The first-order valence-corrected chi connectivity index (χ1v) is 12.7. The van der Waals surface area contributed by atoms with Crippen LogP contribution >= 0.6 is 0 Å². The largest absolute Gasteiger partial charge is 0.206 e. The molecule has 34 heavy (non-hydrogen) atoms. The molecule has 2 aliphatic rings. The molecule has 0 aromatic heterocycles. The first kappa shape index (κ1) is 24.9. The highest BCUT2D eigenvalue weighted by atomic mass is 19.2. The highest BCUT2D eigenvalue weighted by molar-refractivity contribution is 5.83. The van der Waals surface area contributed by atoms with Crippen molar-refractivity contribution < 1.29 is 22.0 Å². The summed E-state index contributed by atoms with van der Waals surface area (Å²) in [7, 11) is 0. The normalized spacial score (nSPS) is 26.3. The van der Waals surface area contributed by atoms with Crippen molar-refractivity contribution in [2.45, 2.75) is 77.0 Å². The van der Waals surface area contributed by atoms with Gasteiger partial charge in [0.2, 0.25) is 0 Å². The molecule has 0 radical (unpaired) electrons. The molecule has 0 nitrogen and oxygen atoms in total. The van der Waals surface area contributed by atoms with Crippen molar-refractivity contribution in [3.05, 3.63) is 70.5 Å². The van der Waals surface area contributed by atoms with Gasteiger partial charge in [0.15, 0.2) is 23.3 Å². The van der Waals surface area contributed by atoms with E-state index in [-0.39, 0.29) is 5.92 Å². The van der Waals surface area contributed by atoms with Crippen LogP contribution in [0.3, 0.4) is 0 Å². The van der Waals surface area contributed by atoms with Gasteiger partial charge in [-0.05, 0) is 98.1 Å². The molecule has 0 aliphatic heterocycles. The van der Waals surface area contributed by atoms with E-state index >= 15 is 0 Å². The van der Waals surface area contributed by atoms with Crippen molar-refractivity contribution in [3.63, 3.8) is 0 Å². The van der Waals surface area contributed by atoms with Crippen molar-refractivity contribution in [2.24, 2.45) is 17.8 Å². The molecule has 4 rings (SSSR count). The molecule has 2 aromatic rings. The van der Waals surface area contributed by atoms with Crippen LogP contribution in [-0.2, 0) is 0 Å². The Morgan fingerprint density at radius 3 is 1.94 bits per heavy atom. The Bertz CT molecular complexity index is 1010. The smallest absolute Gasteiger partial charge is 0.169 e. The molecule has 184 valence electrons. The van der Waals surface area contributed by atoms with E-state index in [1.165, 1.54) is 50.7 Å². The predicted octanol–water partition coefficient (Wildman–Crippen LogP) is 9.75. The van der Waals surface area contributed by atoms with E-state index in [0.717, 1.165) is 55.1 Å². The molecule has 0 bridgehead atoms. The summed E-state index contributed by atoms with van der Waals surface area (Å²) in [5, 5.41) is 0. The van der Waals surface area contributed by atoms with Crippen LogP contribution in [-0.4, -0.2) is 0 Å². The molecule has 2 fully saturated rings. The van der Waals surface area contributed by atoms with Gasteiger partial charge in [-0.1, -0.05) is 38.7 Å². The minimum atomic E-state index is -1.42. The van der Waals surface area contributed by atoms with Gasteiger partial charge >= 0.3 is 0 Å². The standard InChI is InChI=1S/C29H33F5/c1-2-3-18-4-6-19(7-5-18)20-8-10-21(11-9-20)22-12-14-24(26(31)16-22)29(34)28(33)23-13-15-25(30)27(32)17-23/h12-21H,2-11H2,1H3/b29-28+. The summed E-state index contributed by atoms with van der Waals surface area (Å²) in [6, 6.07) is 6.41. The zero-order valence-corrected chi connectivity index (χ0v) is 19.7. The Hall–Kier alpha value is -2.17. The van der Waals surface area contributed by atoms with Crippen LogP contribution in [0.4, 0.5) is 22.0 Å². The molecule has 2 saturated carbocycles. The van der Waals surface area contributed by atoms with Crippen molar-refractivity contribution in [2.75, 3.05) is 0 Å². The highest BCUT2D eigenvalue weighted by Crippen LogP contribution is 2.45. The molecule has 5 heteroatoms. The van der Waals surface area contributed by atoms with Crippen LogP contribution in [0.1, 0.15) is 93.7 Å². The third-order valence-electron chi connectivity index (χ3n) is 8.09. The Labute approximate surface area is 199 Å². The first-order valence-electron chi connectivity index (χ1n) is 12.7. The fourth-order valence-corrected chi connectivity index (χ4v) is 6.12. The molecule has 2 aromatic carbocycles. The van der Waals surface area contributed by atoms with Gasteiger partial charge in [-0.2, -0.15) is 0 Å². The molecule has 0 atom stereocenters. The first-order chi connectivity index (χ1) is 16.4. The molecule has 0 spiro atoms. The van der Waals surface area contributed by atoms with Gasteiger partial charge < -0.3 is 0 Å². The zero-order valence-electron chi connectivity index (χ0n) is 19.7. The fourth-order valence-electron chi connectivity index (χ4n) is 6.12. The number of hydrogen-bond donors (Lipinski definition) is 0. The number of halogens is 5. The SMILES string of the molecule is CCCC1CCC(C2CCC(c3ccc(/C(F)=C(\F)c4ccc(F)c(F)c4)c(F)c3)CC2)CC1. The number of benzene rings is 2. The summed E-state index contributed by atoms with van der Waals surface area (Å²) < 4.78 is 70.4. The second kappa shape index (κ2) is 11.0. The third kappa shape index (κ3) is 5.55. The molecule has 0 heterocycles. The minimum absolute atomic E-state index is 0.222. The summed E-state index contributed by atoms with van der Waals surface area (Å²) in [6.07, 6.45) is 12.2. The maximum absolute atomic E-state index is 14.8. The Balaban J connectivity index is 1.39. The summed E-state index contributed by atoms with van der Waals surface area (Å²) in [5.74, 6) is -3.45. The van der Waals surface area contributed by atoms with Gasteiger partial charge in [-0.3, -0.25) is 0 Å². The second-order valence-corrected chi connectivity index (χ2v) is 10.2. The van der Waals surface area contributed by atoms with Crippen LogP contribution in [0, 0.1) is 35.2 Å². The molecule has 0 amide bonds. The Morgan fingerprint density at radius 2 is 1.35 bits per heavy atom. The fraction of sp³-hybridized carbons (Fsp3) is 0.517. The summed E-state index contributed by atoms with van der Waals surface area (Å²) in [5.41, 5.74) is -0.169. The van der Waals surface area contributed by atoms with Crippen LogP contribution in [0.2, 0.25) is 0 Å². The van der Waals surface area contributed by atoms with Gasteiger partial charge in [0.05, 0.1) is 0 Å². The van der Waals surface area contributed by atoms with Crippen molar-refractivity contribution in [1.82, 2.24) is 0 Å². The summed E-state index contributed by atoms with van der Waals surface area (Å²) in [4.78, 5) is 0. The van der Waals surface area contributed by atoms with E-state index in [1.807, 2.05) is 0 Å². The average molecular weight is 477 g/mol. The van der Waals surface area contributed by atoms with Crippen LogP contribution < -0.4 is 0 Å². The van der Waals surface area contributed by atoms with Gasteiger partial charge in [0, 0.05) is 11.1 Å². The lowest BCUT2D eigenvalue weighted by molar-refractivity contribution is 0.156. The molecule has 0 unspecified atom stereocenters. The van der Waals surface area contributed by atoms with Crippen molar-refractivity contribution >= 4 is 11.7 Å². The van der Waals surface area contributed by atoms with Gasteiger partial charge in [0.25, 0.3) is 0 Å². The van der Waals surface area contributed by atoms with Gasteiger partial charge in [0.1, 0.15) is 5.82 Å². The van der Waals surface area contributed by atoms with E-state index < -0.39 is 40.2 Å². The molecule has 0 N–H and O–H groups in total. The lowest BCUT2D eigenvalue weighted by Crippen LogP contribution is -2.25. The Morgan fingerprint density at radius 1 is 0.706 bits per heavy atom. The minimum Gasteiger partial charge on any atom is -0.206 e. The van der Waals surface area contributed by atoms with Crippen molar-refractivity contribution in [1.29, 1.82) is 0 Å². The summed E-state index contributed by atoms with van der Waals surface area (Å²) in [6.45, 7) is 2.26. The molecular weight excluding hydrogens is 443 g/mol. The van der Waals surface area contributed by atoms with Crippen LogP contribution in [0.5, 0.6) is 0 Å².